The van der Waals surface area contributed by atoms with E-state index in [9.17, 15) is 5.11 Å². The van der Waals surface area contributed by atoms with Crippen LogP contribution in [0.5, 0.6) is 0 Å². The fraction of sp³-hybridized carbons (Fsp3) is 0.812. The quantitative estimate of drug-likeness (QED) is 0.922. The van der Waals surface area contributed by atoms with Gasteiger partial charge in [-0.15, -0.1) is 0 Å². The second-order valence-electron chi connectivity index (χ2n) is 6.55. The Morgan fingerprint density at radius 3 is 2.81 bits per heavy atom. The average Bonchev–Trinajstić information content (AvgIpc) is 2.82. The number of ether oxygens (including phenoxy) is 1. The number of aliphatic hydroxyl groups excluding tert-OH is 1. The Balaban J connectivity index is 1.57. The highest BCUT2D eigenvalue weighted by molar-refractivity contribution is 5.15. The summed E-state index contributed by atoms with van der Waals surface area (Å²) in [5, 5.41) is 14.4. The van der Waals surface area contributed by atoms with Gasteiger partial charge in [-0.2, -0.15) is 5.10 Å². The standard InChI is InChI=1S/C16H27N3O2/c1-3-19-12-14(13(2)17-19)11-18-7-5-16(6-8-18)10-15(20)4-9-21-16/h12,15,20H,3-11H2,1-2H3. The molecule has 1 atom stereocenters. The van der Waals surface area contributed by atoms with Crippen LogP contribution in [-0.2, 0) is 17.8 Å². The lowest BCUT2D eigenvalue weighted by molar-refractivity contribution is -0.143. The van der Waals surface area contributed by atoms with Gasteiger partial charge in [0, 0.05) is 51.0 Å². The Bertz CT molecular complexity index is 478. The van der Waals surface area contributed by atoms with E-state index in [1.165, 1.54) is 5.56 Å². The van der Waals surface area contributed by atoms with Gasteiger partial charge in [0.1, 0.15) is 0 Å². The predicted molar refractivity (Wildman–Crippen MR) is 81.1 cm³/mol. The van der Waals surface area contributed by atoms with Crippen molar-refractivity contribution in [2.45, 2.75) is 64.3 Å². The Hall–Kier alpha value is -0.910. The summed E-state index contributed by atoms with van der Waals surface area (Å²) >= 11 is 0. The van der Waals surface area contributed by atoms with E-state index in [2.05, 4.69) is 30.0 Å². The third kappa shape index (κ3) is 3.30. The van der Waals surface area contributed by atoms with Crippen LogP contribution in [0.1, 0.15) is 43.9 Å². The van der Waals surface area contributed by atoms with E-state index < -0.39 is 0 Å². The summed E-state index contributed by atoms with van der Waals surface area (Å²) in [6.45, 7) is 8.91. The van der Waals surface area contributed by atoms with E-state index in [0.29, 0.717) is 6.61 Å². The van der Waals surface area contributed by atoms with Crippen LogP contribution >= 0.6 is 0 Å². The number of aromatic nitrogens is 2. The molecule has 2 saturated heterocycles. The van der Waals surface area contributed by atoms with Gasteiger partial charge in [0.2, 0.25) is 0 Å². The fourth-order valence-corrected chi connectivity index (χ4v) is 3.59. The number of nitrogens with zero attached hydrogens (tertiary/aromatic N) is 3. The van der Waals surface area contributed by atoms with Crippen LogP contribution in [0.2, 0.25) is 0 Å². The minimum atomic E-state index is -0.171. The van der Waals surface area contributed by atoms with Crippen LogP contribution in [0.3, 0.4) is 0 Å². The summed E-state index contributed by atoms with van der Waals surface area (Å²) in [5.41, 5.74) is 2.41. The lowest BCUT2D eigenvalue weighted by atomic mass is 9.83. The number of aliphatic hydroxyl groups is 1. The van der Waals surface area contributed by atoms with Gasteiger partial charge in [-0.3, -0.25) is 9.58 Å². The van der Waals surface area contributed by atoms with Crippen LogP contribution in [-0.4, -0.2) is 51.2 Å². The van der Waals surface area contributed by atoms with E-state index in [0.717, 1.165) is 57.6 Å². The molecule has 0 bridgehead atoms. The van der Waals surface area contributed by atoms with Crippen LogP contribution in [0.4, 0.5) is 0 Å². The molecule has 21 heavy (non-hydrogen) atoms. The lowest BCUT2D eigenvalue weighted by Gasteiger charge is -2.45. The molecule has 2 aliphatic rings. The largest absolute Gasteiger partial charge is 0.393 e. The van der Waals surface area contributed by atoms with Gasteiger partial charge in [-0.05, 0) is 33.1 Å². The number of piperidine rings is 1. The summed E-state index contributed by atoms with van der Waals surface area (Å²) in [6, 6.07) is 0. The number of rotatable bonds is 3. The molecule has 0 aliphatic carbocycles. The highest BCUT2D eigenvalue weighted by Crippen LogP contribution is 2.35. The topological polar surface area (TPSA) is 50.5 Å². The maximum atomic E-state index is 9.89. The van der Waals surface area contributed by atoms with Crippen molar-refractivity contribution in [3.63, 3.8) is 0 Å². The van der Waals surface area contributed by atoms with Crippen molar-refractivity contribution in [2.75, 3.05) is 19.7 Å². The van der Waals surface area contributed by atoms with Crippen LogP contribution < -0.4 is 0 Å². The van der Waals surface area contributed by atoms with Crippen molar-refractivity contribution >= 4 is 0 Å². The normalized spacial score (nSPS) is 26.3. The molecule has 1 unspecified atom stereocenters. The van der Waals surface area contributed by atoms with E-state index >= 15 is 0 Å². The molecule has 1 aromatic rings. The fourth-order valence-electron chi connectivity index (χ4n) is 3.59. The maximum absolute atomic E-state index is 9.89. The molecule has 5 heteroatoms. The Kier molecular flexibility index (Phi) is 4.33. The van der Waals surface area contributed by atoms with Crippen LogP contribution in [0, 0.1) is 6.92 Å². The van der Waals surface area contributed by atoms with Gasteiger partial charge < -0.3 is 9.84 Å². The van der Waals surface area contributed by atoms with E-state index in [-0.39, 0.29) is 11.7 Å². The zero-order chi connectivity index (χ0) is 14.9. The molecule has 118 valence electrons. The molecule has 3 rings (SSSR count). The van der Waals surface area contributed by atoms with E-state index in [1.807, 2.05) is 4.68 Å². The first kappa shape index (κ1) is 15.0. The molecule has 5 nitrogen and oxygen atoms in total. The summed E-state index contributed by atoms with van der Waals surface area (Å²) in [7, 11) is 0. The first-order chi connectivity index (χ1) is 10.1. The highest BCUT2D eigenvalue weighted by Gasteiger charge is 2.39. The van der Waals surface area contributed by atoms with Crippen LogP contribution in [0.15, 0.2) is 6.20 Å². The number of hydrogen-bond acceptors (Lipinski definition) is 4. The van der Waals surface area contributed by atoms with Crippen molar-refractivity contribution in [3.05, 3.63) is 17.5 Å². The van der Waals surface area contributed by atoms with Gasteiger partial charge in [-0.1, -0.05) is 0 Å². The maximum Gasteiger partial charge on any atom is 0.0731 e. The summed E-state index contributed by atoms with van der Waals surface area (Å²) in [5.74, 6) is 0. The molecule has 1 N–H and O–H groups in total. The van der Waals surface area contributed by atoms with Gasteiger partial charge >= 0.3 is 0 Å². The first-order valence-electron chi connectivity index (χ1n) is 8.17. The number of likely N-dealkylation sites (tertiary alicyclic amines) is 1. The van der Waals surface area contributed by atoms with Gasteiger partial charge in [0.15, 0.2) is 0 Å². The Morgan fingerprint density at radius 2 is 2.19 bits per heavy atom. The molecule has 2 aliphatic heterocycles. The molecule has 1 spiro atoms. The summed E-state index contributed by atoms with van der Waals surface area (Å²) in [6.07, 6.45) is 5.67. The molecule has 0 saturated carbocycles. The summed E-state index contributed by atoms with van der Waals surface area (Å²) < 4.78 is 8.03. The minimum Gasteiger partial charge on any atom is -0.393 e. The minimum absolute atomic E-state index is 0.0587. The number of aryl methyl sites for hydroxylation is 2. The monoisotopic (exact) mass is 293 g/mol. The molecule has 1 aromatic heterocycles. The smallest absolute Gasteiger partial charge is 0.0731 e. The summed E-state index contributed by atoms with van der Waals surface area (Å²) in [4.78, 5) is 2.49. The SMILES string of the molecule is CCn1cc(CN2CCC3(CC2)CC(O)CCO3)c(C)n1. The van der Waals surface area contributed by atoms with Crippen molar-refractivity contribution in [2.24, 2.45) is 0 Å². The Morgan fingerprint density at radius 1 is 1.43 bits per heavy atom. The molecular weight excluding hydrogens is 266 g/mol. The molecule has 0 radical (unpaired) electrons. The molecule has 0 amide bonds. The van der Waals surface area contributed by atoms with Gasteiger partial charge in [0.25, 0.3) is 0 Å². The Labute approximate surface area is 126 Å². The second kappa shape index (κ2) is 6.07. The third-order valence-corrected chi connectivity index (χ3v) is 5.00. The first-order valence-corrected chi connectivity index (χ1v) is 8.17. The van der Waals surface area contributed by atoms with Crippen molar-refractivity contribution in [3.8, 4) is 0 Å². The zero-order valence-corrected chi connectivity index (χ0v) is 13.2. The molecule has 3 heterocycles. The predicted octanol–water partition coefficient (Wildman–Crippen LogP) is 1.72. The molecule has 2 fully saturated rings. The third-order valence-electron chi connectivity index (χ3n) is 5.00. The van der Waals surface area contributed by atoms with Gasteiger partial charge in [0.05, 0.1) is 17.4 Å². The number of hydrogen-bond donors (Lipinski definition) is 1. The average molecular weight is 293 g/mol. The highest BCUT2D eigenvalue weighted by atomic mass is 16.5. The lowest BCUT2D eigenvalue weighted by Crippen LogP contribution is -2.50. The van der Waals surface area contributed by atoms with E-state index in [1.54, 1.807) is 0 Å². The van der Waals surface area contributed by atoms with E-state index in [4.69, 9.17) is 4.74 Å². The van der Waals surface area contributed by atoms with Crippen molar-refractivity contribution < 1.29 is 9.84 Å². The molecular formula is C16H27N3O2. The second-order valence-corrected chi connectivity index (χ2v) is 6.55. The zero-order valence-electron chi connectivity index (χ0n) is 13.2. The van der Waals surface area contributed by atoms with Crippen LogP contribution in [0.25, 0.3) is 0 Å². The van der Waals surface area contributed by atoms with Gasteiger partial charge in [-0.25, -0.2) is 0 Å². The molecule has 0 aromatic carbocycles. The van der Waals surface area contributed by atoms with Crippen molar-refractivity contribution in [1.82, 2.24) is 14.7 Å². The van der Waals surface area contributed by atoms with Crippen molar-refractivity contribution in [1.29, 1.82) is 0 Å².